The number of rotatable bonds is 3. The van der Waals surface area contributed by atoms with Crippen molar-refractivity contribution < 1.29 is 14.3 Å². The molecule has 1 aromatic carbocycles. The smallest absolute Gasteiger partial charge is 0.352 e. The summed E-state index contributed by atoms with van der Waals surface area (Å²) in [5, 5.41) is 9.06. The maximum Gasteiger partial charge on any atom is 0.352 e. The number of carboxylic acid groups (broad SMARTS) is 1. The second-order valence-electron chi connectivity index (χ2n) is 4.21. The Morgan fingerprint density at radius 2 is 2.05 bits per heavy atom. The molecule has 2 rings (SSSR count). The summed E-state index contributed by atoms with van der Waals surface area (Å²) in [6.45, 7) is 1.82. The van der Waals surface area contributed by atoms with E-state index in [1.807, 2.05) is 0 Å². The van der Waals surface area contributed by atoms with E-state index in [9.17, 15) is 14.0 Å². The molecule has 0 spiro atoms. The standard InChI is InChI=1S/C14H12FNO3/c1-9-7-11(15)6-5-10(9)8-16-12(14(18)19)3-2-4-13(16)17/h2-7H,8H2,1H3,(H,18,19). The second-order valence-corrected chi connectivity index (χ2v) is 4.21. The predicted molar refractivity (Wildman–Crippen MR) is 67.9 cm³/mol. The first-order chi connectivity index (χ1) is 8.99. The minimum Gasteiger partial charge on any atom is -0.477 e. The zero-order valence-electron chi connectivity index (χ0n) is 10.3. The van der Waals surface area contributed by atoms with Crippen molar-refractivity contribution in [3.05, 3.63) is 69.4 Å². The van der Waals surface area contributed by atoms with Crippen molar-refractivity contribution in [2.75, 3.05) is 0 Å². The first-order valence-corrected chi connectivity index (χ1v) is 5.67. The summed E-state index contributed by atoms with van der Waals surface area (Å²) in [6, 6.07) is 8.25. The van der Waals surface area contributed by atoms with Gasteiger partial charge in [-0.3, -0.25) is 9.36 Å². The average molecular weight is 261 g/mol. The lowest BCUT2D eigenvalue weighted by molar-refractivity contribution is 0.0684. The molecule has 0 bridgehead atoms. The van der Waals surface area contributed by atoms with Crippen molar-refractivity contribution in [3.8, 4) is 0 Å². The van der Waals surface area contributed by atoms with Crippen LogP contribution in [0.25, 0.3) is 0 Å². The van der Waals surface area contributed by atoms with Gasteiger partial charge in [0.1, 0.15) is 11.5 Å². The molecule has 0 fully saturated rings. The maximum atomic E-state index is 13.0. The number of benzene rings is 1. The average Bonchev–Trinajstić information content (AvgIpc) is 2.34. The van der Waals surface area contributed by atoms with E-state index in [1.54, 1.807) is 13.0 Å². The molecule has 5 heteroatoms. The molecular weight excluding hydrogens is 249 g/mol. The van der Waals surface area contributed by atoms with E-state index in [4.69, 9.17) is 5.11 Å². The molecule has 1 N–H and O–H groups in total. The van der Waals surface area contributed by atoms with Crippen LogP contribution in [0, 0.1) is 12.7 Å². The fraction of sp³-hybridized carbons (Fsp3) is 0.143. The molecule has 19 heavy (non-hydrogen) atoms. The van der Waals surface area contributed by atoms with Gasteiger partial charge in [-0.1, -0.05) is 12.1 Å². The topological polar surface area (TPSA) is 59.3 Å². The number of aryl methyl sites for hydroxylation is 1. The van der Waals surface area contributed by atoms with Crippen molar-refractivity contribution in [3.63, 3.8) is 0 Å². The molecule has 0 amide bonds. The molecule has 0 aliphatic heterocycles. The highest BCUT2D eigenvalue weighted by Crippen LogP contribution is 2.12. The third-order valence-corrected chi connectivity index (χ3v) is 2.90. The van der Waals surface area contributed by atoms with Gasteiger partial charge in [-0.2, -0.15) is 0 Å². The Balaban J connectivity index is 2.49. The van der Waals surface area contributed by atoms with E-state index in [2.05, 4.69) is 0 Å². The Kier molecular flexibility index (Phi) is 3.46. The van der Waals surface area contributed by atoms with Gasteiger partial charge in [0.2, 0.25) is 0 Å². The van der Waals surface area contributed by atoms with Crippen LogP contribution in [0.1, 0.15) is 21.6 Å². The summed E-state index contributed by atoms with van der Waals surface area (Å²) < 4.78 is 14.2. The third-order valence-electron chi connectivity index (χ3n) is 2.90. The normalized spacial score (nSPS) is 10.4. The number of hydrogen-bond donors (Lipinski definition) is 1. The first-order valence-electron chi connectivity index (χ1n) is 5.67. The van der Waals surface area contributed by atoms with E-state index < -0.39 is 11.5 Å². The van der Waals surface area contributed by atoms with Crippen LogP contribution >= 0.6 is 0 Å². The van der Waals surface area contributed by atoms with Crippen molar-refractivity contribution in [1.82, 2.24) is 4.57 Å². The van der Waals surface area contributed by atoms with Crippen LogP contribution in [0.15, 0.2) is 41.2 Å². The van der Waals surface area contributed by atoms with E-state index >= 15 is 0 Å². The van der Waals surface area contributed by atoms with Crippen LogP contribution in [0.5, 0.6) is 0 Å². The molecule has 4 nitrogen and oxygen atoms in total. The number of pyridine rings is 1. The minimum atomic E-state index is -1.17. The van der Waals surface area contributed by atoms with Crippen LogP contribution in [-0.4, -0.2) is 15.6 Å². The number of carbonyl (C=O) groups is 1. The van der Waals surface area contributed by atoms with Gasteiger partial charge >= 0.3 is 5.97 Å². The zero-order chi connectivity index (χ0) is 14.0. The minimum absolute atomic E-state index is 0.0868. The van der Waals surface area contributed by atoms with Crippen LogP contribution in [0.4, 0.5) is 4.39 Å². The fourth-order valence-electron chi connectivity index (χ4n) is 1.88. The van der Waals surface area contributed by atoms with Gasteiger partial charge in [0, 0.05) is 6.07 Å². The molecule has 98 valence electrons. The Bertz CT molecular complexity index is 691. The van der Waals surface area contributed by atoms with E-state index in [0.29, 0.717) is 11.1 Å². The third kappa shape index (κ3) is 2.70. The number of aromatic nitrogens is 1. The molecule has 0 aliphatic rings. The lowest BCUT2D eigenvalue weighted by atomic mass is 10.1. The Labute approximate surface area is 108 Å². The van der Waals surface area contributed by atoms with Crippen molar-refractivity contribution >= 4 is 5.97 Å². The number of carboxylic acids is 1. The van der Waals surface area contributed by atoms with Gasteiger partial charge < -0.3 is 5.11 Å². The largest absolute Gasteiger partial charge is 0.477 e. The lowest BCUT2D eigenvalue weighted by Gasteiger charge is -2.11. The van der Waals surface area contributed by atoms with Crippen molar-refractivity contribution in [1.29, 1.82) is 0 Å². The van der Waals surface area contributed by atoms with Crippen molar-refractivity contribution in [2.24, 2.45) is 0 Å². The first kappa shape index (κ1) is 13.0. The molecule has 0 radical (unpaired) electrons. The Morgan fingerprint density at radius 3 is 2.68 bits per heavy atom. The Morgan fingerprint density at radius 1 is 1.32 bits per heavy atom. The van der Waals surface area contributed by atoms with Gasteiger partial charge in [-0.25, -0.2) is 9.18 Å². The highest BCUT2D eigenvalue weighted by Gasteiger charge is 2.11. The summed E-state index contributed by atoms with van der Waals surface area (Å²) in [5.74, 6) is -1.53. The SMILES string of the molecule is Cc1cc(F)ccc1Cn1c(C(=O)O)cccc1=O. The summed E-state index contributed by atoms with van der Waals surface area (Å²) in [6.07, 6.45) is 0. The van der Waals surface area contributed by atoms with Gasteiger partial charge in [0.15, 0.2) is 0 Å². The molecule has 1 aromatic heterocycles. The van der Waals surface area contributed by atoms with Crippen LogP contribution in [0.3, 0.4) is 0 Å². The molecular formula is C14H12FNO3. The van der Waals surface area contributed by atoms with Crippen LogP contribution in [-0.2, 0) is 6.54 Å². The zero-order valence-corrected chi connectivity index (χ0v) is 10.3. The quantitative estimate of drug-likeness (QED) is 0.919. The number of hydrogen-bond acceptors (Lipinski definition) is 2. The molecule has 0 saturated heterocycles. The van der Waals surface area contributed by atoms with Crippen LogP contribution in [0.2, 0.25) is 0 Å². The highest BCUT2D eigenvalue weighted by molar-refractivity contribution is 5.85. The van der Waals surface area contributed by atoms with Crippen molar-refractivity contribution in [2.45, 2.75) is 13.5 Å². The van der Waals surface area contributed by atoms with Gasteiger partial charge in [-0.05, 0) is 36.2 Å². The maximum absolute atomic E-state index is 13.0. The molecule has 1 heterocycles. The van der Waals surface area contributed by atoms with Gasteiger partial charge in [0.05, 0.1) is 6.54 Å². The van der Waals surface area contributed by atoms with E-state index in [-0.39, 0.29) is 18.1 Å². The highest BCUT2D eigenvalue weighted by atomic mass is 19.1. The molecule has 0 atom stereocenters. The van der Waals surface area contributed by atoms with E-state index in [0.717, 1.165) is 4.57 Å². The van der Waals surface area contributed by atoms with Gasteiger partial charge in [0.25, 0.3) is 5.56 Å². The molecule has 0 aliphatic carbocycles. The number of nitrogens with zero attached hydrogens (tertiary/aromatic N) is 1. The Hall–Kier alpha value is -2.43. The molecule has 0 saturated carbocycles. The second kappa shape index (κ2) is 5.06. The predicted octanol–water partition coefficient (Wildman–Crippen LogP) is 2.04. The fourth-order valence-corrected chi connectivity index (χ4v) is 1.88. The number of aromatic carboxylic acids is 1. The summed E-state index contributed by atoms with van der Waals surface area (Å²) >= 11 is 0. The van der Waals surface area contributed by atoms with E-state index in [1.165, 1.54) is 30.3 Å². The molecule has 0 unspecified atom stereocenters. The number of halogens is 1. The van der Waals surface area contributed by atoms with Crippen LogP contribution < -0.4 is 5.56 Å². The van der Waals surface area contributed by atoms with Gasteiger partial charge in [-0.15, -0.1) is 0 Å². The molecule has 2 aromatic rings. The summed E-state index contributed by atoms with van der Waals surface area (Å²) in [4.78, 5) is 22.8. The summed E-state index contributed by atoms with van der Waals surface area (Å²) in [5.41, 5.74) is 0.893. The monoisotopic (exact) mass is 261 g/mol. The summed E-state index contributed by atoms with van der Waals surface area (Å²) in [7, 11) is 0. The lowest BCUT2D eigenvalue weighted by Crippen LogP contribution is -2.25.